The van der Waals surface area contributed by atoms with Crippen molar-refractivity contribution >= 4 is 17.6 Å². The Balaban J connectivity index is 1.34. The van der Waals surface area contributed by atoms with Gasteiger partial charge in [-0.2, -0.15) is 0 Å². The van der Waals surface area contributed by atoms with Crippen molar-refractivity contribution in [3.8, 4) is 0 Å². The number of likely N-dealkylation sites (tertiary alicyclic amines) is 2. The number of amides is 2. The number of hydrogen-bond donors (Lipinski definition) is 0. The summed E-state index contributed by atoms with van der Waals surface area (Å²) in [4.78, 5) is 41.6. The first-order chi connectivity index (χ1) is 15.0. The van der Waals surface area contributed by atoms with Crippen LogP contribution < -0.4 is 0 Å². The molecule has 2 aliphatic heterocycles. The molecule has 31 heavy (non-hydrogen) atoms. The zero-order chi connectivity index (χ0) is 21.8. The molecule has 0 bridgehead atoms. The van der Waals surface area contributed by atoms with Crippen molar-refractivity contribution in [2.24, 2.45) is 11.8 Å². The molecule has 0 spiro atoms. The third-order valence-corrected chi connectivity index (χ3v) is 6.40. The normalized spacial score (nSPS) is 20.0. The summed E-state index contributed by atoms with van der Waals surface area (Å²) in [7, 11) is 0. The predicted octanol–water partition coefficient (Wildman–Crippen LogP) is 3.69. The topological polar surface area (TPSA) is 57.7 Å². The molecule has 0 aliphatic carbocycles. The lowest BCUT2D eigenvalue weighted by Gasteiger charge is -2.37. The second-order valence-electron chi connectivity index (χ2n) is 8.43. The van der Waals surface area contributed by atoms with Crippen molar-refractivity contribution in [2.75, 3.05) is 19.6 Å². The van der Waals surface area contributed by atoms with Crippen LogP contribution in [0.25, 0.3) is 0 Å². The van der Waals surface area contributed by atoms with Crippen LogP contribution in [0.1, 0.15) is 41.6 Å². The third kappa shape index (κ3) is 4.84. The van der Waals surface area contributed by atoms with E-state index in [2.05, 4.69) is 0 Å². The average molecular weight is 423 g/mol. The number of rotatable bonds is 5. The Morgan fingerprint density at radius 3 is 2.29 bits per heavy atom. The Morgan fingerprint density at radius 2 is 1.58 bits per heavy atom. The molecule has 1 unspecified atom stereocenters. The molecule has 0 saturated carbocycles. The zero-order valence-corrected chi connectivity index (χ0v) is 17.5. The summed E-state index contributed by atoms with van der Waals surface area (Å²) < 4.78 is 14.0. The van der Waals surface area contributed by atoms with Crippen LogP contribution in [0.3, 0.4) is 0 Å². The quantitative estimate of drug-likeness (QED) is 0.691. The van der Waals surface area contributed by atoms with Crippen molar-refractivity contribution < 1.29 is 18.8 Å². The molecule has 0 aromatic heterocycles. The van der Waals surface area contributed by atoms with E-state index in [9.17, 15) is 18.8 Å². The van der Waals surface area contributed by atoms with E-state index in [4.69, 9.17) is 0 Å². The van der Waals surface area contributed by atoms with E-state index < -0.39 is 0 Å². The Hall–Kier alpha value is -3.02. The predicted molar refractivity (Wildman–Crippen MR) is 115 cm³/mol. The monoisotopic (exact) mass is 422 g/mol. The van der Waals surface area contributed by atoms with Crippen molar-refractivity contribution in [1.29, 1.82) is 0 Å². The highest BCUT2D eigenvalue weighted by molar-refractivity contribution is 5.98. The van der Waals surface area contributed by atoms with Gasteiger partial charge in [0, 0.05) is 49.6 Å². The van der Waals surface area contributed by atoms with Crippen LogP contribution in [-0.2, 0) is 16.1 Å². The molecule has 2 fully saturated rings. The second-order valence-corrected chi connectivity index (χ2v) is 8.43. The van der Waals surface area contributed by atoms with Crippen LogP contribution in [0.5, 0.6) is 0 Å². The highest BCUT2D eigenvalue weighted by Crippen LogP contribution is 2.26. The van der Waals surface area contributed by atoms with Crippen LogP contribution in [0.15, 0.2) is 54.6 Å². The first-order valence-electron chi connectivity index (χ1n) is 10.9. The van der Waals surface area contributed by atoms with Gasteiger partial charge in [-0.25, -0.2) is 4.39 Å². The molecule has 4 rings (SSSR count). The van der Waals surface area contributed by atoms with Crippen molar-refractivity contribution in [3.63, 3.8) is 0 Å². The van der Waals surface area contributed by atoms with E-state index in [0.717, 1.165) is 5.56 Å². The van der Waals surface area contributed by atoms with Gasteiger partial charge < -0.3 is 9.80 Å². The summed E-state index contributed by atoms with van der Waals surface area (Å²) >= 11 is 0. The molecule has 162 valence electrons. The summed E-state index contributed by atoms with van der Waals surface area (Å²) in [5, 5.41) is 0. The first kappa shape index (κ1) is 21.2. The highest BCUT2D eigenvalue weighted by atomic mass is 19.1. The van der Waals surface area contributed by atoms with Gasteiger partial charge in [0.25, 0.3) is 0 Å². The van der Waals surface area contributed by atoms with E-state index in [1.165, 1.54) is 6.07 Å². The van der Waals surface area contributed by atoms with Gasteiger partial charge >= 0.3 is 0 Å². The summed E-state index contributed by atoms with van der Waals surface area (Å²) in [5.41, 5.74) is 1.19. The Morgan fingerprint density at radius 1 is 0.903 bits per heavy atom. The van der Waals surface area contributed by atoms with E-state index in [-0.39, 0.29) is 41.8 Å². The fraction of sp³-hybridized carbons (Fsp3) is 0.400. The first-order valence-corrected chi connectivity index (χ1v) is 10.9. The SMILES string of the molecule is O=C(c1ccccc1)C1CCN(C(=O)C2CCC(=O)N(Cc3ccccc3F)C2)CC1. The second kappa shape index (κ2) is 9.41. The van der Waals surface area contributed by atoms with E-state index in [1.54, 1.807) is 23.1 Å². The number of Topliss-reactive ketones (excluding diaryl/α,β-unsaturated/α-hetero) is 1. The summed E-state index contributed by atoms with van der Waals surface area (Å²) in [6, 6.07) is 15.7. The number of hydrogen-bond acceptors (Lipinski definition) is 3. The average Bonchev–Trinajstić information content (AvgIpc) is 2.81. The summed E-state index contributed by atoms with van der Waals surface area (Å²) in [6.07, 6.45) is 2.14. The number of piperidine rings is 2. The number of benzene rings is 2. The van der Waals surface area contributed by atoms with Crippen LogP contribution in [0, 0.1) is 17.7 Å². The van der Waals surface area contributed by atoms with Crippen molar-refractivity contribution in [1.82, 2.24) is 9.80 Å². The lowest BCUT2D eigenvalue weighted by Crippen LogP contribution is -2.49. The van der Waals surface area contributed by atoms with Gasteiger partial charge in [0.15, 0.2) is 5.78 Å². The van der Waals surface area contributed by atoms with Gasteiger partial charge in [-0.3, -0.25) is 14.4 Å². The molecule has 2 aliphatic rings. The number of nitrogens with zero attached hydrogens (tertiary/aromatic N) is 2. The maximum atomic E-state index is 14.0. The summed E-state index contributed by atoms with van der Waals surface area (Å²) in [6.45, 7) is 1.61. The van der Waals surface area contributed by atoms with Crippen molar-refractivity contribution in [2.45, 2.75) is 32.2 Å². The maximum Gasteiger partial charge on any atom is 0.227 e. The molecule has 2 amide bonds. The molecule has 2 heterocycles. The number of carbonyl (C=O) groups is 3. The van der Waals surface area contributed by atoms with Crippen LogP contribution >= 0.6 is 0 Å². The number of carbonyl (C=O) groups excluding carboxylic acids is 3. The minimum atomic E-state index is -0.339. The van der Waals surface area contributed by atoms with Crippen LogP contribution in [-0.4, -0.2) is 47.0 Å². The van der Waals surface area contributed by atoms with E-state index >= 15 is 0 Å². The fourth-order valence-electron chi connectivity index (χ4n) is 4.56. The standard InChI is InChI=1S/C25H27FN2O3/c26-22-9-5-4-8-20(22)16-28-17-21(10-11-23(28)29)25(31)27-14-12-19(13-15-27)24(30)18-6-2-1-3-7-18/h1-9,19,21H,10-17H2. The van der Waals surface area contributed by atoms with Gasteiger partial charge in [0.05, 0.1) is 5.92 Å². The number of halogens is 1. The Labute approximate surface area is 181 Å². The molecule has 6 heteroatoms. The third-order valence-electron chi connectivity index (χ3n) is 6.40. The molecule has 5 nitrogen and oxygen atoms in total. The zero-order valence-electron chi connectivity index (χ0n) is 17.5. The molecule has 1 atom stereocenters. The Bertz CT molecular complexity index is 954. The van der Waals surface area contributed by atoms with Crippen LogP contribution in [0.4, 0.5) is 4.39 Å². The lowest BCUT2D eigenvalue weighted by atomic mass is 9.87. The van der Waals surface area contributed by atoms with Gasteiger partial charge in [-0.1, -0.05) is 48.5 Å². The molecule has 2 aromatic rings. The van der Waals surface area contributed by atoms with E-state index in [0.29, 0.717) is 50.9 Å². The largest absolute Gasteiger partial charge is 0.342 e. The smallest absolute Gasteiger partial charge is 0.227 e. The molecular formula is C25H27FN2O3. The molecule has 0 radical (unpaired) electrons. The fourth-order valence-corrected chi connectivity index (χ4v) is 4.56. The van der Waals surface area contributed by atoms with Gasteiger partial charge in [-0.15, -0.1) is 0 Å². The van der Waals surface area contributed by atoms with Crippen LogP contribution in [0.2, 0.25) is 0 Å². The minimum Gasteiger partial charge on any atom is -0.342 e. The molecule has 2 saturated heterocycles. The van der Waals surface area contributed by atoms with Gasteiger partial charge in [0.2, 0.25) is 11.8 Å². The highest BCUT2D eigenvalue weighted by Gasteiger charge is 2.35. The van der Waals surface area contributed by atoms with E-state index in [1.807, 2.05) is 35.2 Å². The van der Waals surface area contributed by atoms with Crippen molar-refractivity contribution in [3.05, 3.63) is 71.5 Å². The maximum absolute atomic E-state index is 14.0. The van der Waals surface area contributed by atoms with Gasteiger partial charge in [-0.05, 0) is 25.3 Å². The minimum absolute atomic E-state index is 0.0386. The molecular weight excluding hydrogens is 395 g/mol. The molecule has 2 aromatic carbocycles. The summed E-state index contributed by atoms with van der Waals surface area (Å²) in [5.74, 6) is -0.528. The lowest BCUT2D eigenvalue weighted by molar-refractivity contribution is -0.144. The molecule has 0 N–H and O–H groups in total. The van der Waals surface area contributed by atoms with Gasteiger partial charge in [0.1, 0.15) is 5.82 Å². The Kier molecular flexibility index (Phi) is 6.44. The number of ketones is 1.